The van der Waals surface area contributed by atoms with Crippen LogP contribution in [0.15, 0.2) is 12.1 Å². The van der Waals surface area contributed by atoms with Crippen LogP contribution in [0.2, 0.25) is 0 Å². The predicted molar refractivity (Wildman–Crippen MR) is 71.6 cm³/mol. The Hall–Kier alpha value is -0.590. The van der Waals surface area contributed by atoms with E-state index in [1.807, 2.05) is 19.1 Å². The highest BCUT2D eigenvalue weighted by Gasteiger charge is 2.28. The maximum atomic E-state index is 12.1. The van der Waals surface area contributed by atoms with Crippen LogP contribution in [-0.2, 0) is 11.2 Å². The summed E-state index contributed by atoms with van der Waals surface area (Å²) in [6.45, 7) is 3.70. The molecular formula is C13H20F3NOS. The highest BCUT2D eigenvalue weighted by Crippen LogP contribution is 2.25. The van der Waals surface area contributed by atoms with Crippen LogP contribution in [0.1, 0.15) is 36.1 Å². The average molecular weight is 295 g/mol. The second-order valence-electron chi connectivity index (χ2n) is 4.29. The van der Waals surface area contributed by atoms with Gasteiger partial charge in [0.05, 0.1) is 12.6 Å². The number of hydrogen-bond donors (Lipinski definition) is 1. The zero-order chi connectivity index (χ0) is 14.3. The van der Waals surface area contributed by atoms with Crippen LogP contribution in [-0.4, -0.2) is 25.9 Å². The number of thiophene rings is 1. The molecule has 6 heteroatoms. The summed E-state index contributed by atoms with van der Waals surface area (Å²) in [5, 5.41) is 3.23. The van der Waals surface area contributed by atoms with Gasteiger partial charge in [-0.3, -0.25) is 0 Å². The normalized spacial score (nSPS) is 13.7. The Morgan fingerprint density at radius 1 is 1.32 bits per heavy atom. The van der Waals surface area contributed by atoms with Crippen molar-refractivity contribution in [1.82, 2.24) is 5.32 Å². The third-order valence-electron chi connectivity index (χ3n) is 2.57. The van der Waals surface area contributed by atoms with Gasteiger partial charge in [0.15, 0.2) is 0 Å². The van der Waals surface area contributed by atoms with Crippen LogP contribution in [0.3, 0.4) is 0 Å². The van der Waals surface area contributed by atoms with E-state index in [1.54, 1.807) is 11.3 Å². The van der Waals surface area contributed by atoms with Gasteiger partial charge in [0.2, 0.25) is 0 Å². The zero-order valence-electron chi connectivity index (χ0n) is 11.2. The molecule has 0 saturated heterocycles. The first-order valence-corrected chi connectivity index (χ1v) is 7.24. The summed E-state index contributed by atoms with van der Waals surface area (Å²) in [7, 11) is 0. The SMILES string of the molecule is CCCNC(COCC(F)(F)F)c1ccc(CC)s1. The molecule has 1 atom stereocenters. The second kappa shape index (κ2) is 7.87. The minimum Gasteiger partial charge on any atom is -0.370 e. The summed E-state index contributed by atoms with van der Waals surface area (Å²) in [6.07, 6.45) is -2.39. The van der Waals surface area contributed by atoms with E-state index in [4.69, 9.17) is 4.74 Å². The molecule has 19 heavy (non-hydrogen) atoms. The molecule has 1 unspecified atom stereocenters. The van der Waals surface area contributed by atoms with Gasteiger partial charge in [0.1, 0.15) is 6.61 Å². The molecule has 1 rings (SSSR count). The third kappa shape index (κ3) is 6.40. The lowest BCUT2D eigenvalue weighted by Crippen LogP contribution is -2.28. The Balaban J connectivity index is 2.55. The zero-order valence-corrected chi connectivity index (χ0v) is 12.0. The van der Waals surface area contributed by atoms with Crippen molar-refractivity contribution in [2.24, 2.45) is 0 Å². The predicted octanol–water partition coefficient (Wildman–Crippen LogP) is 3.93. The number of rotatable bonds is 8. The molecule has 0 aliphatic carbocycles. The van der Waals surface area contributed by atoms with Crippen molar-refractivity contribution in [3.8, 4) is 0 Å². The number of halogens is 3. The van der Waals surface area contributed by atoms with Gasteiger partial charge >= 0.3 is 6.18 Å². The van der Waals surface area contributed by atoms with E-state index >= 15 is 0 Å². The number of hydrogen-bond acceptors (Lipinski definition) is 3. The summed E-state index contributed by atoms with van der Waals surface area (Å²) >= 11 is 1.63. The van der Waals surface area contributed by atoms with Gasteiger partial charge in [0.25, 0.3) is 0 Å². The van der Waals surface area contributed by atoms with Gasteiger partial charge in [-0.1, -0.05) is 13.8 Å². The lowest BCUT2D eigenvalue weighted by Gasteiger charge is -2.18. The lowest BCUT2D eigenvalue weighted by atomic mass is 10.2. The molecule has 1 aromatic heterocycles. The summed E-state index contributed by atoms with van der Waals surface area (Å²) in [5.74, 6) is 0. The average Bonchev–Trinajstić information content (AvgIpc) is 2.80. The molecule has 0 bridgehead atoms. The molecular weight excluding hydrogens is 275 g/mol. The van der Waals surface area contributed by atoms with Crippen LogP contribution in [0, 0.1) is 0 Å². The third-order valence-corrected chi connectivity index (χ3v) is 3.91. The first-order valence-electron chi connectivity index (χ1n) is 6.42. The van der Waals surface area contributed by atoms with Crippen molar-refractivity contribution < 1.29 is 17.9 Å². The molecule has 0 fully saturated rings. The van der Waals surface area contributed by atoms with E-state index in [9.17, 15) is 13.2 Å². The van der Waals surface area contributed by atoms with Crippen LogP contribution < -0.4 is 5.32 Å². The minimum absolute atomic E-state index is 0.0448. The number of nitrogens with one attached hydrogen (secondary N) is 1. The molecule has 0 aliphatic heterocycles. The monoisotopic (exact) mass is 295 g/mol. The molecule has 0 aliphatic rings. The number of aryl methyl sites for hydroxylation is 1. The van der Waals surface area contributed by atoms with Crippen molar-refractivity contribution in [3.05, 3.63) is 21.9 Å². The van der Waals surface area contributed by atoms with Crippen molar-refractivity contribution >= 4 is 11.3 Å². The smallest absolute Gasteiger partial charge is 0.370 e. The van der Waals surface area contributed by atoms with Crippen molar-refractivity contribution in [3.63, 3.8) is 0 Å². The number of ether oxygens (including phenoxy) is 1. The van der Waals surface area contributed by atoms with Crippen LogP contribution >= 0.6 is 11.3 Å². The molecule has 0 spiro atoms. The number of alkyl halides is 3. The van der Waals surface area contributed by atoms with Crippen molar-refractivity contribution in [2.45, 2.75) is 38.9 Å². The van der Waals surface area contributed by atoms with Crippen LogP contribution in [0.5, 0.6) is 0 Å². The van der Waals surface area contributed by atoms with E-state index in [0.717, 1.165) is 24.3 Å². The summed E-state index contributed by atoms with van der Waals surface area (Å²) < 4.78 is 41.0. The van der Waals surface area contributed by atoms with Crippen molar-refractivity contribution in [2.75, 3.05) is 19.8 Å². The molecule has 0 saturated carbocycles. The minimum atomic E-state index is -4.26. The molecule has 0 amide bonds. The fraction of sp³-hybridized carbons (Fsp3) is 0.692. The standard InChI is InChI=1S/C13H20F3NOS/c1-3-7-17-11(8-18-9-13(14,15)16)12-6-5-10(4-2)19-12/h5-6,11,17H,3-4,7-9H2,1-2H3. The molecule has 0 radical (unpaired) electrons. The fourth-order valence-electron chi connectivity index (χ4n) is 1.62. The van der Waals surface area contributed by atoms with E-state index < -0.39 is 12.8 Å². The van der Waals surface area contributed by atoms with E-state index in [1.165, 1.54) is 4.88 Å². The molecule has 1 heterocycles. The Labute approximate surface area is 116 Å². The quantitative estimate of drug-likeness (QED) is 0.784. The van der Waals surface area contributed by atoms with Crippen molar-refractivity contribution in [1.29, 1.82) is 0 Å². The second-order valence-corrected chi connectivity index (χ2v) is 5.49. The Bertz CT molecular complexity index is 365. The first kappa shape index (κ1) is 16.5. The summed E-state index contributed by atoms with van der Waals surface area (Å²) in [4.78, 5) is 2.27. The summed E-state index contributed by atoms with van der Waals surface area (Å²) in [5.41, 5.74) is 0. The molecule has 1 aromatic rings. The maximum absolute atomic E-state index is 12.1. The van der Waals surface area contributed by atoms with Gasteiger partial charge in [-0.05, 0) is 31.5 Å². The topological polar surface area (TPSA) is 21.3 Å². The molecule has 0 aromatic carbocycles. The van der Waals surface area contributed by atoms with Crippen LogP contribution in [0.25, 0.3) is 0 Å². The Morgan fingerprint density at radius 3 is 2.58 bits per heavy atom. The Kier molecular flexibility index (Phi) is 6.82. The van der Waals surface area contributed by atoms with E-state index in [-0.39, 0.29) is 12.6 Å². The molecule has 1 N–H and O–H groups in total. The molecule has 2 nitrogen and oxygen atoms in total. The lowest BCUT2D eigenvalue weighted by molar-refractivity contribution is -0.175. The van der Waals surface area contributed by atoms with Gasteiger partial charge in [-0.25, -0.2) is 0 Å². The fourth-order valence-corrected chi connectivity index (χ4v) is 2.64. The van der Waals surface area contributed by atoms with E-state index in [0.29, 0.717) is 0 Å². The van der Waals surface area contributed by atoms with E-state index in [2.05, 4.69) is 12.2 Å². The molecule has 110 valence electrons. The van der Waals surface area contributed by atoms with Gasteiger partial charge in [-0.15, -0.1) is 11.3 Å². The van der Waals surface area contributed by atoms with Crippen LogP contribution in [0.4, 0.5) is 13.2 Å². The highest BCUT2D eigenvalue weighted by molar-refractivity contribution is 7.12. The van der Waals surface area contributed by atoms with Gasteiger partial charge in [0, 0.05) is 9.75 Å². The highest BCUT2D eigenvalue weighted by atomic mass is 32.1. The Morgan fingerprint density at radius 2 is 2.05 bits per heavy atom. The maximum Gasteiger partial charge on any atom is 0.411 e. The van der Waals surface area contributed by atoms with Gasteiger partial charge in [-0.2, -0.15) is 13.2 Å². The first-order chi connectivity index (χ1) is 8.96. The largest absolute Gasteiger partial charge is 0.411 e. The van der Waals surface area contributed by atoms with Gasteiger partial charge < -0.3 is 10.1 Å². The summed E-state index contributed by atoms with van der Waals surface area (Å²) in [6, 6.07) is 3.82.